The molecule has 1 aliphatic heterocycles. The summed E-state index contributed by atoms with van der Waals surface area (Å²) in [5, 5.41) is 12.1. The molecule has 1 saturated heterocycles. The first kappa shape index (κ1) is 26.1. The number of amides is 1. The van der Waals surface area contributed by atoms with Gasteiger partial charge in [-0.05, 0) is 55.5 Å². The number of nitrogens with one attached hydrogen (secondary N) is 1. The Morgan fingerprint density at radius 2 is 1.92 bits per heavy atom. The van der Waals surface area contributed by atoms with Gasteiger partial charge in [0.15, 0.2) is 5.78 Å². The maximum absolute atomic E-state index is 13.5. The normalized spacial score (nSPS) is 16.1. The number of morpholine rings is 1. The van der Waals surface area contributed by atoms with Crippen molar-refractivity contribution in [2.45, 2.75) is 45.7 Å². The van der Waals surface area contributed by atoms with Crippen LogP contribution < -0.4 is 11.1 Å². The molecule has 5 rings (SSSR count). The number of rotatable bonds is 10. The SMILES string of the molecule is CCCN(Cc1cccc(C(=O)c2cnn(-c3cc(C(=O)NC4CC4)ccc3C)c2N)c1)N1CCOCC1. The molecule has 1 saturated carbocycles. The largest absolute Gasteiger partial charge is 0.383 e. The highest BCUT2D eigenvalue weighted by Gasteiger charge is 2.25. The van der Waals surface area contributed by atoms with E-state index in [1.165, 1.54) is 6.20 Å². The number of ether oxygens (including phenoxy) is 1. The van der Waals surface area contributed by atoms with Crippen LogP contribution in [0.1, 0.15) is 63.6 Å². The third kappa shape index (κ3) is 5.80. The zero-order valence-corrected chi connectivity index (χ0v) is 22.2. The molecule has 2 heterocycles. The fraction of sp³-hybridized carbons (Fsp3) is 0.414. The lowest BCUT2D eigenvalue weighted by molar-refractivity contribution is -0.0952. The van der Waals surface area contributed by atoms with Gasteiger partial charge in [0.25, 0.3) is 5.91 Å². The predicted octanol–water partition coefficient (Wildman–Crippen LogP) is 3.35. The van der Waals surface area contributed by atoms with E-state index in [1.807, 2.05) is 37.3 Å². The summed E-state index contributed by atoms with van der Waals surface area (Å²) in [6.45, 7) is 8.97. The standard InChI is InChI=1S/C29H36N6O3/c1-3-11-34(33-12-14-38-15-13-33)19-21-5-4-6-22(16-21)27(36)25-18-31-35(28(25)30)26-17-23(8-7-20(26)2)29(37)32-24-9-10-24/h4-8,16-18,24H,3,9-15,19,30H2,1-2H3,(H,32,37). The smallest absolute Gasteiger partial charge is 0.251 e. The number of nitrogens with zero attached hydrogens (tertiary/aromatic N) is 4. The number of nitrogens with two attached hydrogens (primary N) is 1. The molecule has 38 heavy (non-hydrogen) atoms. The molecular weight excluding hydrogens is 480 g/mol. The second-order valence-corrected chi connectivity index (χ2v) is 10.1. The molecule has 9 heteroatoms. The van der Waals surface area contributed by atoms with E-state index in [-0.39, 0.29) is 23.6 Å². The van der Waals surface area contributed by atoms with Gasteiger partial charge in [-0.3, -0.25) is 9.59 Å². The number of nitrogen functional groups attached to an aromatic ring is 1. The molecule has 3 aromatic rings. The van der Waals surface area contributed by atoms with Crippen molar-refractivity contribution in [3.63, 3.8) is 0 Å². The van der Waals surface area contributed by atoms with E-state index in [4.69, 9.17) is 10.5 Å². The number of ketones is 1. The average Bonchev–Trinajstić information content (AvgIpc) is 3.67. The van der Waals surface area contributed by atoms with Crippen LogP contribution in [0.4, 0.5) is 5.82 Å². The second-order valence-electron chi connectivity index (χ2n) is 10.1. The molecule has 0 spiro atoms. The minimum Gasteiger partial charge on any atom is -0.383 e. The summed E-state index contributed by atoms with van der Waals surface area (Å²) in [4.78, 5) is 26.1. The minimum absolute atomic E-state index is 0.109. The maximum Gasteiger partial charge on any atom is 0.251 e. The summed E-state index contributed by atoms with van der Waals surface area (Å²) in [5.41, 5.74) is 10.6. The number of hydrogen-bond donors (Lipinski definition) is 2. The number of hydrazine groups is 1. The topological polar surface area (TPSA) is 106 Å². The number of aromatic nitrogens is 2. The summed E-state index contributed by atoms with van der Waals surface area (Å²) in [5.74, 6) is -0.0322. The van der Waals surface area contributed by atoms with Crippen molar-refractivity contribution in [2.24, 2.45) is 0 Å². The summed E-state index contributed by atoms with van der Waals surface area (Å²) in [6, 6.07) is 13.4. The van der Waals surface area contributed by atoms with Crippen LogP contribution in [-0.2, 0) is 11.3 Å². The number of carbonyl (C=O) groups excluding carboxylic acids is 2. The van der Waals surface area contributed by atoms with Crippen LogP contribution in [0.5, 0.6) is 0 Å². The van der Waals surface area contributed by atoms with Crippen molar-refractivity contribution < 1.29 is 14.3 Å². The Bertz CT molecular complexity index is 1310. The summed E-state index contributed by atoms with van der Waals surface area (Å²) in [6.07, 6.45) is 4.59. The zero-order valence-electron chi connectivity index (χ0n) is 22.2. The molecule has 9 nitrogen and oxygen atoms in total. The van der Waals surface area contributed by atoms with E-state index in [1.54, 1.807) is 16.8 Å². The first-order valence-electron chi connectivity index (χ1n) is 13.4. The van der Waals surface area contributed by atoms with E-state index >= 15 is 0 Å². The molecule has 2 aromatic carbocycles. The lowest BCUT2D eigenvalue weighted by atomic mass is 10.0. The number of anilines is 1. The molecule has 0 atom stereocenters. The molecule has 200 valence electrons. The highest BCUT2D eigenvalue weighted by atomic mass is 16.5. The van der Waals surface area contributed by atoms with Crippen molar-refractivity contribution in [3.05, 3.63) is 76.5 Å². The van der Waals surface area contributed by atoms with Gasteiger partial charge in [-0.2, -0.15) is 5.10 Å². The van der Waals surface area contributed by atoms with Crippen LogP contribution in [0.25, 0.3) is 5.69 Å². The fourth-order valence-electron chi connectivity index (χ4n) is 4.79. The first-order valence-corrected chi connectivity index (χ1v) is 13.4. The van der Waals surface area contributed by atoms with E-state index in [0.29, 0.717) is 22.4 Å². The van der Waals surface area contributed by atoms with E-state index in [9.17, 15) is 9.59 Å². The Kier molecular flexibility index (Phi) is 7.87. The fourth-order valence-corrected chi connectivity index (χ4v) is 4.79. The number of aryl methyl sites for hydroxylation is 1. The third-order valence-corrected chi connectivity index (χ3v) is 7.09. The van der Waals surface area contributed by atoms with Gasteiger partial charge in [0.05, 0.1) is 30.7 Å². The van der Waals surface area contributed by atoms with Crippen LogP contribution >= 0.6 is 0 Å². The third-order valence-electron chi connectivity index (χ3n) is 7.09. The van der Waals surface area contributed by atoms with E-state index in [0.717, 1.165) is 69.8 Å². The van der Waals surface area contributed by atoms with Crippen LogP contribution in [0.2, 0.25) is 0 Å². The monoisotopic (exact) mass is 516 g/mol. The Labute approximate surface area is 223 Å². The highest BCUT2D eigenvalue weighted by molar-refractivity contribution is 6.11. The molecule has 0 unspecified atom stereocenters. The first-order chi connectivity index (χ1) is 18.4. The molecule has 0 bridgehead atoms. The molecule has 1 amide bonds. The van der Waals surface area contributed by atoms with Gasteiger partial charge in [0.2, 0.25) is 0 Å². The number of benzene rings is 2. The molecule has 1 aromatic heterocycles. The van der Waals surface area contributed by atoms with Crippen molar-refractivity contribution >= 4 is 17.5 Å². The molecule has 3 N–H and O–H groups in total. The summed E-state index contributed by atoms with van der Waals surface area (Å²) < 4.78 is 7.06. The lowest BCUT2D eigenvalue weighted by Crippen LogP contribution is -2.48. The Morgan fingerprint density at radius 3 is 2.66 bits per heavy atom. The Balaban J connectivity index is 1.36. The maximum atomic E-state index is 13.5. The predicted molar refractivity (Wildman–Crippen MR) is 146 cm³/mol. The van der Waals surface area contributed by atoms with Gasteiger partial charge in [0.1, 0.15) is 5.82 Å². The van der Waals surface area contributed by atoms with Gasteiger partial charge in [-0.1, -0.05) is 31.2 Å². The second kappa shape index (κ2) is 11.5. The van der Waals surface area contributed by atoms with Gasteiger partial charge in [0, 0.05) is 43.3 Å². The van der Waals surface area contributed by atoms with Crippen molar-refractivity contribution in [1.82, 2.24) is 25.1 Å². The van der Waals surface area contributed by atoms with Crippen molar-refractivity contribution in [3.8, 4) is 5.69 Å². The van der Waals surface area contributed by atoms with Crippen molar-refractivity contribution in [2.75, 3.05) is 38.6 Å². The van der Waals surface area contributed by atoms with Crippen molar-refractivity contribution in [1.29, 1.82) is 0 Å². The molecule has 2 fully saturated rings. The number of hydrogen-bond acceptors (Lipinski definition) is 7. The van der Waals surface area contributed by atoms with Gasteiger partial charge >= 0.3 is 0 Å². The van der Waals surface area contributed by atoms with Crippen LogP contribution in [0.3, 0.4) is 0 Å². The Hall–Kier alpha value is -3.53. The van der Waals surface area contributed by atoms with Gasteiger partial charge in [-0.15, -0.1) is 0 Å². The van der Waals surface area contributed by atoms with E-state index < -0.39 is 0 Å². The zero-order chi connectivity index (χ0) is 26.6. The molecule has 1 aliphatic carbocycles. The summed E-state index contributed by atoms with van der Waals surface area (Å²) >= 11 is 0. The van der Waals surface area contributed by atoms with Gasteiger partial charge in [-0.25, -0.2) is 14.7 Å². The molecule has 0 radical (unpaired) electrons. The highest BCUT2D eigenvalue weighted by Crippen LogP contribution is 2.25. The van der Waals surface area contributed by atoms with E-state index in [2.05, 4.69) is 27.4 Å². The van der Waals surface area contributed by atoms with Crippen LogP contribution in [0, 0.1) is 6.92 Å². The Morgan fingerprint density at radius 1 is 1.13 bits per heavy atom. The lowest BCUT2D eigenvalue weighted by Gasteiger charge is -2.37. The number of carbonyl (C=O) groups is 2. The van der Waals surface area contributed by atoms with Crippen LogP contribution in [0.15, 0.2) is 48.7 Å². The summed E-state index contributed by atoms with van der Waals surface area (Å²) in [7, 11) is 0. The van der Waals surface area contributed by atoms with Crippen LogP contribution in [-0.4, -0.2) is 70.4 Å². The molecular formula is C29H36N6O3. The minimum atomic E-state index is -0.177. The molecule has 2 aliphatic rings. The quantitative estimate of drug-likeness (QED) is 0.398. The van der Waals surface area contributed by atoms with Gasteiger partial charge < -0.3 is 15.8 Å². The average molecular weight is 517 g/mol.